The molecular weight excluding hydrogens is 330 g/mol. The van der Waals surface area contributed by atoms with Gasteiger partial charge in [-0.3, -0.25) is 9.59 Å². The van der Waals surface area contributed by atoms with Gasteiger partial charge in [0.15, 0.2) is 0 Å². The zero-order valence-electron chi connectivity index (χ0n) is 13.7. The van der Waals surface area contributed by atoms with Crippen LogP contribution in [0.5, 0.6) is 5.75 Å². The summed E-state index contributed by atoms with van der Waals surface area (Å²) in [5.74, 6) is -0.212. The second-order valence-corrected chi connectivity index (χ2v) is 6.02. The third-order valence-corrected chi connectivity index (χ3v) is 4.33. The summed E-state index contributed by atoms with van der Waals surface area (Å²) < 4.78 is 30.5. The summed E-state index contributed by atoms with van der Waals surface area (Å²) in [5.41, 5.74) is 1.82. The van der Waals surface area contributed by atoms with Gasteiger partial charge in [-0.1, -0.05) is 6.07 Å². The smallest absolute Gasteiger partial charge is 0.387 e. The van der Waals surface area contributed by atoms with Gasteiger partial charge in [0.05, 0.1) is 6.04 Å². The lowest BCUT2D eigenvalue weighted by Crippen LogP contribution is -2.32. The first-order chi connectivity index (χ1) is 11.9. The van der Waals surface area contributed by atoms with Crippen LogP contribution in [0.25, 0.3) is 0 Å². The van der Waals surface area contributed by atoms with Crippen molar-refractivity contribution in [1.82, 2.24) is 9.88 Å². The van der Waals surface area contributed by atoms with Crippen molar-refractivity contribution in [2.75, 3.05) is 0 Å². The third-order valence-electron chi connectivity index (χ3n) is 4.33. The van der Waals surface area contributed by atoms with Gasteiger partial charge in [0.1, 0.15) is 5.75 Å². The lowest BCUT2D eigenvalue weighted by Gasteiger charge is -2.27. The van der Waals surface area contributed by atoms with Crippen LogP contribution in [0.1, 0.15) is 40.4 Å². The van der Waals surface area contributed by atoms with E-state index in [1.54, 1.807) is 31.4 Å². The van der Waals surface area contributed by atoms with Crippen molar-refractivity contribution in [3.63, 3.8) is 0 Å². The summed E-state index contributed by atoms with van der Waals surface area (Å²) in [5, 5.41) is 2.92. The zero-order valence-corrected chi connectivity index (χ0v) is 13.7. The van der Waals surface area contributed by atoms with E-state index in [1.165, 1.54) is 16.7 Å². The van der Waals surface area contributed by atoms with E-state index in [0.29, 0.717) is 5.56 Å². The van der Waals surface area contributed by atoms with E-state index in [9.17, 15) is 18.4 Å². The number of fused-ring (bicyclic) bond motifs is 1. The SMILES string of the molecule is Cn1ccc(C(=O)NC2CCCc3cc(OC(F)F)ccc32)cc1=O. The molecule has 0 saturated heterocycles. The van der Waals surface area contributed by atoms with Crippen LogP contribution in [0.2, 0.25) is 0 Å². The summed E-state index contributed by atoms with van der Waals surface area (Å²) in [6, 6.07) is 7.44. The van der Waals surface area contributed by atoms with E-state index in [0.717, 1.165) is 30.4 Å². The van der Waals surface area contributed by atoms with Gasteiger partial charge in [0.2, 0.25) is 0 Å². The molecule has 5 nitrogen and oxygen atoms in total. The molecule has 0 radical (unpaired) electrons. The van der Waals surface area contributed by atoms with Crippen LogP contribution in [0.3, 0.4) is 0 Å². The van der Waals surface area contributed by atoms with Crippen molar-refractivity contribution >= 4 is 5.91 Å². The number of benzene rings is 1. The number of hydrogen-bond acceptors (Lipinski definition) is 3. The molecule has 1 aliphatic carbocycles. The van der Waals surface area contributed by atoms with Gasteiger partial charge in [-0.2, -0.15) is 8.78 Å². The molecule has 25 heavy (non-hydrogen) atoms. The summed E-state index contributed by atoms with van der Waals surface area (Å²) in [6.07, 6.45) is 3.86. The minimum atomic E-state index is -2.86. The summed E-state index contributed by atoms with van der Waals surface area (Å²) in [6.45, 7) is -2.86. The number of ether oxygens (including phenoxy) is 1. The highest BCUT2D eigenvalue weighted by Gasteiger charge is 2.23. The van der Waals surface area contributed by atoms with E-state index in [4.69, 9.17) is 0 Å². The maximum atomic E-state index is 12.4. The molecule has 1 heterocycles. The van der Waals surface area contributed by atoms with Crippen molar-refractivity contribution < 1.29 is 18.3 Å². The first-order valence-corrected chi connectivity index (χ1v) is 7.99. The first-order valence-electron chi connectivity index (χ1n) is 7.99. The number of carbonyl (C=O) groups excluding carboxylic acids is 1. The molecule has 1 amide bonds. The van der Waals surface area contributed by atoms with Crippen molar-refractivity contribution in [1.29, 1.82) is 0 Å². The number of aromatic nitrogens is 1. The fourth-order valence-corrected chi connectivity index (χ4v) is 3.05. The Morgan fingerprint density at radius 2 is 2.12 bits per heavy atom. The Bertz CT molecular complexity index is 848. The first kappa shape index (κ1) is 17.1. The fourth-order valence-electron chi connectivity index (χ4n) is 3.05. The topological polar surface area (TPSA) is 60.3 Å². The van der Waals surface area contributed by atoms with E-state index >= 15 is 0 Å². The predicted molar refractivity (Wildman–Crippen MR) is 87.9 cm³/mol. The number of aryl methyl sites for hydroxylation is 2. The second kappa shape index (κ2) is 7.04. The number of halogens is 2. The molecule has 0 fully saturated rings. The molecule has 1 N–H and O–H groups in total. The van der Waals surface area contributed by atoms with Crippen LogP contribution in [0.4, 0.5) is 8.78 Å². The summed E-state index contributed by atoms with van der Waals surface area (Å²) >= 11 is 0. The van der Waals surface area contributed by atoms with Crippen LogP contribution in [0.15, 0.2) is 41.3 Å². The molecule has 0 aliphatic heterocycles. The largest absolute Gasteiger partial charge is 0.435 e. The number of carbonyl (C=O) groups is 1. The van der Waals surface area contributed by atoms with E-state index in [1.807, 2.05) is 0 Å². The number of hydrogen-bond donors (Lipinski definition) is 1. The Kier molecular flexibility index (Phi) is 4.83. The van der Waals surface area contributed by atoms with Crippen molar-refractivity contribution in [2.24, 2.45) is 7.05 Å². The summed E-state index contributed by atoms with van der Waals surface area (Å²) in [7, 11) is 1.61. The van der Waals surface area contributed by atoms with E-state index < -0.39 is 6.61 Å². The van der Waals surface area contributed by atoms with Gasteiger partial charge < -0.3 is 14.6 Å². The molecule has 1 aliphatic rings. The van der Waals surface area contributed by atoms with E-state index in [-0.39, 0.29) is 23.3 Å². The molecule has 3 rings (SSSR count). The third kappa shape index (κ3) is 3.87. The number of amides is 1. The molecule has 0 spiro atoms. The normalized spacial score (nSPS) is 16.4. The van der Waals surface area contributed by atoms with Gasteiger partial charge in [0.25, 0.3) is 11.5 Å². The van der Waals surface area contributed by atoms with Crippen LogP contribution >= 0.6 is 0 Å². The van der Waals surface area contributed by atoms with Crippen LogP contribution < -0.4 is 15.6 Å². The van der Waals surface area contributed by atoms with Gasteiger partial charge in [-0.15, -0.1) is 0 Å². The van der Waals surface area contributed by atoms with Crippen LogP contribution in [0, 0.1) is 0 Å². The highest BCUT2D eigenvalue weighted by molar-refractivity contribution is 5.94. The Hall–Kier alpha value is -2.70. The van der Waals surface area contributed by atoms with Gasteiger partial charge in [-0.25, -0.2) is 0 Å². The Morgan fingerprint density at radius 3 is 2.84 bits per heavy atom. The van der Waals surface area contributed by atoms with Gasteiger partial charge in [0, 0.05) is 24.9 Å². The predicted octanol–water partition coefficient (Wildman–Crippen LogP) is 2.79. The zero-order chi connectivity index (χ0) is 18.0. The monoisotopic (exact) mass is 348 g/mol. The molecule has 0 bridgehead atoms. The number of nitrogens with one attached hydrogen (secondary N) is 1. The van der Waals surface area contributed by atoms with Gasteiger partial charge >= 0.3 is 6.61 Å². The maximum Gasteiger partial charge on any atom is 0.387 e. The molecule has 1 atom stereocenters. The number of rotatable bonds is 4. The van der Waals surface area contributed by atoms with Crippen LogP contribution in [-0.2, 0) is 13.5 Å². The second-order valence-electron chi connectivity index (χ2n) is 6.02. The Balaban J connectivity index is 1.79. The molecule has 132 valence electrons. The fraction of sp³-hybridized carbons (Fsp3) is 0.333. The van der Waals surface area contributed by atoms with Crippen molar-refractivity contribution in [3.05, 3.63) is 63.6 Å². The molecule has 2 aromatic rings. The standard InChI is InChI=1S/C18H18F2N2O3/c1-22-8-7-12(10-16(22)23)17(24)21-15-4-2-3-11-9-13(25-18(19)20)5-6-14(11)15/h5-10,15,18H,2-4H2,1H3,(H,21,24). The average molecular weight is 348 g/mol. The molecular formula is C18H18F2N2O3. The average Bonchev–Trinajstić information content (AvgIpc) is 2.56. The molecule has 1 aromatic heterocycles. The highest BCUT2D eigenvalue weighted by Crippen LogP contribution is 2.32. The number of nitrogens with zero attached hydrogens (tertiary/aromatic N) is 1. The van der Waals surface area contributed by atoms with E-state index in [2.05, 4.69) is 10.1 Å². The lowest BCUT2D eigenvalue weighted by molar-refractivity contribution is -0.0499. The van der Waals surface area contributed by atoms with Crippen LogP contribution in [-0.4, -0.2) is 17.1 Å². The minimum Gasteiger partial charge on any atom is -0.435 e. The van der Waals surface area contributed by atoms with Crippen molar-refractivity contribution in [2.45, 2.75) is 31.9 Å². The number of alkyl halides is 2. The lowest BCUT2D eigenvalue weighted by atomic mass is 9.87. The number of pyridine rings is 1. The Morgan fingerprint density at radius 1 is 1.32 bits per heavy atom. The maximum absolute atomic E-state index is 12.4. The minimum absolute atomic E-state index is 0.118. The Labute approximate surface area is 143 Å². The highest BCUT2D eigenvalue weighted by atomic mass is 19.3. The molecule has 1 aromatic carbocycles. The van der Waals surface area contributed by atoms with Gasteiger partial charge in [-0.05, 0) is 48.6 Å². The quantitative estimate of drug-likeness (QED) is 0.924. The molecule has 7 heteroatoms. The van der Waals surface area contributed by atoms with Crippen molar-refractivity contribution in [3.8, 4) is 5.75 Å². The molecule has 0 saturated carbocycles. The summed E-state index contributed by atoms with van der Waals surface area (Å²) in [4.78, 5) is 24.1. The molecule has 1 unspecified atom stereocenters.